The molecule has 0 saturated carbocycles. The Kier molecular flexibility index (Phi) is 7.95. The smallest absolute Gasteiger partial charge is 0.338 e. The summed E-state index contributed by atoms with van der Waals surface area (Å²) < 4.78 is 15.7. The number of hydrogen-bond donors (Lipinski definition) is 1. The largest absolute Gasteiger partial charge is 0.495 e. The van der Waals surface area contributed by atoms with E-state index in [-0.39, 0.29) is 0 Å². The van der Waals surface area contributed by atoms with Gasteiger partial charge in [0.15, 0.2) is 6.61 Å². The first kappa shape index (κ1) is 20.6. The number of benzene rings is 2. The van der Waals surface area contributed by atoms with Gasteiger partial charge in [-0.15, -0.1) is 0 Å². The Bertz CT molecular complexity index is 776. The number of carbonyl (C=O) groups excluding carboxylic acids is 2. The van der Waals surface area contributed by atoms with Crippen LogP contribution in [-0.4, -0.2) is 32.2 Å². The number of amides is 1. The number of anilines is 1. The summed E-state index contributed by atoms with van der Waals surface area (Å²) in [6, 6.07) is 11.4. The van der Waals surface area contributed by atoms with E-state index < -0.39 is 18.5 Å². The molecule has 2 aromatic carbocycles. The Morgan fingerprint density at radius 3 is 2.52 bits per heavy atom. The topological polar surface area (TPSA) is 73.9 Å². The van der Waals surface area contributed by atoms with Crippen LogP contribution >= 0.6 is 11.6 Å². The van der Waals surface area contributed by atoms with Gasteiger partial charge in [0.2, 0.25) is 0 Å². The number of unbranched alkanes of at least 4 members (excludes halogenated alkanes) is 1. The van der Waals surface area contributed by atoms with Gasteiger partial charge in [0, 0.05) is 5.02 Å². The Labute approximate surface area is 163 Å². The van der Waals surface area contributed by atoms with E-state index in [2.05, 4.69) is 12.2 Å². The number of esters is 1. The molecule has 0 radical (unpaired) electrons. The summed E-state index contributed by atoms with van der Waals surface area (Å²) in [7, 11) is 1.48. The third-order valence-electron chi connectivity index (χ3n) is 3.63. The molecule has 0 heterocycles. The number of rotatable bonds is 9. The van der Waals surface area contributed by atoms with E-state index in [1.807, 2.05) is 0 Å². The van der Waals surface area contributed by atoms with Gasteiger partial charge in [-0.1, -0.05) is 24.9 Å². The summed E-state index contributed by atoms with van der Waals surface area (Å²) in [5.41, 5.74) is 0.741. The number of ether oxygens (including phenoxy) is 3. The Balaban J connectivity index is 1.86. The van der Waals surface area contributed by atoms with E-state index in [9.17, 15) is 9.59 Å². The quantitative estimate of drug-likeness (QED) is 0.509. The molecule has 0 saturated heterocycles. The SMILES string of the molecule is CCCCOc1ccc(C(=O)OCC(=O)Nc2cc(Cl)ccc2OC)cc1. The molecule has 7 heteroatoms. The van der Waals surface area contributed by atoms with E-state index in [4.69, 9.17) is 25.8 Å². The number of carbonyl (C=O) groups is 2. The molecule has 6 nitrogen and oxygen atoms in total. The summed E-state index contributed by atoms with van der Waals surface area (Å²) in [5, 5.41) is 3.05. The van der Waals surface area contributed by atoms with Crippen LogP contribution in [0.1, 0.15) is 30.1 Å². The highest BCUT2D eigenvalue weighted by molar-refractivity contribution is 6.31. The molecule has 1 N–H and O–H groups in total. The van der Waals surface area contributed by atoms with Crippen LogP contribution in [0, 0.1) is 0 Å². The maximum atomic E-state index is 12.1. The molecule has 0 spiro atoms. The monoisotopic (exact) mass is 391 g/mol. The standard InChI is InChI=1S/C20H22ClNO5/c1-3-4-11-26-16-8-5-14(6-9-16)20(24)27-13-19(23)22-17-12-15(21)7-10-18(17)25-2/h5-10,12H,3-4,11,13H2,1-2H3,(H,22,23). The summed E-state index contributed by atoms with van der Waals surface area (Å²) in [6.07, 6.45) is 2.02. The molecule has 144 valence electrons. The highest BCUT2D eigenvalue weighted by Gasteiger charge is 2.12. The maximum Gasteiger partial charge on any atom is 0.338 e. The fourth-order valence-corrected chi connectivity index (χ4v) is 2.37. The molecular weight excluding hydrogens is 370 g/mol. The molecule has 0 bridgehead atoms. The average Bonchev–Trinajstić information content (AvgIpc) is 2.67. The van der Waals surface area contributed by atoms with E-state index in [1.54, 1.807) is 42.5 Å². The van der Waals surface area contributed by atoms with Crippen molar-refractivity contribution >= 4 is 29.2 Å². The second kappa shape index (κ2) is 10.4. The molecular formula is C20H22ClNO5. The Hall–Kier alpha value is -2.73. The van der Waals surface area contributed by atoms with Gasteiger partial charge in [-0.05, 0) is 48.9 Å². The lowest BCUT2D eigenvalue weighted by Gasteiger charge is -2.11. The third-order valence-corrected chi connectivity index (χ3v) is 3.86. The summed E-state index contributed by atoms with van der Waals surface area (Å²) >= 11 is 5.92. The van der Waals surface area contributed by atoms with Gasteiger partial charge in [-0.2, -0.15) is 0 Å². The van der Waals surface area contributed by atoms with Gasteiger partial charge in [-0.3, -0.25) is 4.79 Å². The molecule has 27 heavy (non-hydrogen) atoms. The highest BCUT2D eigenvalue weighted by atomic mass is 35.5. The van der Waals surface area contributed by atoms with Crippen molar-refractivity contribution in [2.45, 2.75) is 19.8 Å². The fourth-order valence-electron chi connectivity index (χ4n) is 2.20. The first-order chi connectivity index (χ1) is 13.0. The van der Waals surface area contributed by atoms with Crippen molar-refractivity contribution < 1.29 is 23.8 Å². The lowest BCUT2D eigenvalue weighted by Crippen LogP contribution is -2.21. The molecule has 1 amide bonds. The molecule has 0 fully saturated rings. The third kappa shape index (κ3) is 6.49. The van der Waals surface area contributed by atoms with Crippen LogP contribution in [-0.2, 0) is 9.53 Å². The van der Waals surface area contributed by atoms with Crippen molar-refractivity contribution in [3.8, 4) is 11.5 Å². The molecule has 2 rings (SSSR count). The van der Waals surface area contributed by atoms with Gasteiger partial charge in [0.25, 0.3) is 5.91 Å². The molecule has 0 aliphatic rings. The Morgan fingerprint density at radius 1 is 1.11 bits per heavy atom. The van der Waals surface area contributed by atoms with Crippen LogP contribution in [0.4, 0.5) is 5.69 Å². The molecule has 0 aliphatic carbocycles. The lowest BCUT2D eigenvalue weighted by atomic mass is 10.2. The van der Waals surface area contributed by atoms with Crippen LogP contribution in [0.25, 0.3) is 0 Å². The van der Waals surface area contributed by atoms with Gasteiger partial charge in [-0.25, -0.2) is 4.79 Å². The number of methoxy groups -OCH3 is 1. The van der Waals surface area contributed by atoms with Crippen molar-refractivity contribution in [3.05, 3.63) is 53.1 Å². The van der Waals surface area contributed by atoms with Gasteiger partial charge < -0.3 is 19.5 Å². The zero-order chi connectivity index (χ0) is 19.6. The molecule has 0 unspecified atom stereocenters. The molecule has 2 aromatic rings. The fraction of sp³-hybridized carbons (Fsp3) is 0.300. The first-order valence-electron chi connectivity index (χ1n) is 8.57. The highest BCUT2D eigenvalue weighted by Crippen LogP contribution is 2.27. The minimum absolute atomic E-state index is 0.339. The Morgan fingerprint density at radius 2 is 1.85 bits per heavy atom. The van der Waals surface area contributed by atoms with Gasteiger partial charge >= 0.3 is 5.97 Å². The average molecular weight is 392 g/mol. The van der Waals surface area contributed by atoms with Gasteiger partial charge in [0.1, 0.15) is 11.5 Å². The number of hydrogen-bond acceptors (Lipinski definition) is 5. The van der Waals surface area contributed by atoms with Crippen molar-refractivity contribution in [3.63, 3.8) is 0 Å². The van der Waals surface area contributed by atoms with E-state index in [0.717, 1.165) is 12.8 Å². The number of halogens is 1. The first-order valence-corrected chi connectivity index (χ1v) is 8.94. The summed E-state index contributed by atoms with van der Waals surface area (Å²) in [6.45, 7) is 2.29. The van der Waals surface area contributed by atoms with Crippen LogP contribution in [0.3, 0.4) is 0 Å². The van der Waals surface area contributed by atoms with Crippen LogP contribution in [0.15, 0.2) is 42.5 Å². The second-order valence-corrected chi connectivity index (χ2v) is 6.13. The minimum Gasteiger partial charge on any atom is -0.495 e. The second-order valence-electron chi connectivity index (χ2n) is 5.70. The lowest BCUT2D eigenvalue weighted by molar-refractivity contribution is -0.119. The van der Waals surface area contributed by atoms with Crippen LogP contribution < -0.4 is 14.8 Å². The van der Waals surface area contributed by atoms with E-state index in [0.29, 0.717) is 34.4 Å². The zero-order valence-electron chi connectivity index (χ0n) is 15.3. The predicted octanol–water partition coefficient (Wildman–Crippen LogP) is 4.32. The van der Waals surface area contributed by atoms with E-state index in [1.165, 1.54) is 7.11 Å². The van der Waals surface area contributed by atoms with E-state index >= 15 is 0 Å². The van der Waals surface area contributed by atoms with Crippen molar-refractivity contribution in [1.29, 1.82) is 0 Å². The number of nitrogens with one attached hydrogen (secondary N) is 1. The molecule has 0 aromatic heterocycles. The molecule has 0 atom stereocenters. The molecule has 0 aliphatic heterocycles. The van der Waals surface area contributed by atoms with Crippen LogP contribution in [0.2, 0.25) is 5.02 Å². The van der Waals surface area contributed by atoms with Crippen LogP contribution in [0.5, 0.6) is 11.5 Å². The summed E-state index contributed by atoms with van der Waals surface area (Å²) in [4.78, 5) is 24.1. The van der Waals surface area contributed by atoms with Gasteiger partial charge in [0.05, 0.1) is 25.0 Å². The van der Waals surface area contributed by atoms with Crippen molar-refractivity contribution in [2.75, 3.05) is 25.6 Å². The van der Waals surface area contributed by atoms with Crippen molar-refractivity contribution in [1.82, 2.24) is 0 Å². The minimum atomic E-state index is -0.594. The summed E-state index contributed by atoms with van der Waals surface area (Å²) in [5.74, 6) is 0.0512. The zero-order valence-corrected chi connectivity index (χ0v) is 16.0. The maximum absolute atomic E-state index is 12.1. The van der Waals surface area contributed by atoms with Crippen molar-refractivity contribution in [2.24, 2.45) is 0 Å². The predicted molar refractivity (Wildman–Crippen MR) is 104 cm³/mol. The normalized spacial score (nSPS) is 10.2.